The van der Waals surface area contributed by atoms with Gasteiger partial charge in [-0.05, 0) is 29.9 Å². The number of hydrogen-bond donors (Lipinski definition) is 0. The highest BCUT2D eigenvalue weighted by atomic mass is 28.2. The van der Waals surface area contributed by atoms with E-state index in [0.29, 0.717) is 5.92 Å². The second-order valence-electron chi connectivity index (χ2n) is 4.56. The summed E-state index contributed by atoms with van der Waals surface area (Å²) in [7, 11) is 3.12. The van der Waals surface area contributed by atoms with Gasteiger partial charge in [-0.3, -0.25) is 0 Å². The first kappa shape index (κ1) is 13.1. The van der Waals surface area contributed by atoms with Crippen LogP contribution in [0.3, 0.4) is 0 Å². The molecule has 0 bridgehead atoms. The minimum Gasteiger partial charge on any atom is -0.418 e. The Labute approximate surface area is 112 Å². The van der Waals surface area contributed by atoms with Crippen molar-refractivity contribution >= 4 is 10.5 Å². The molecule has 0 atom stereocenters. The molecule has 0 aliphatic carbocycles. The van der Waals surface area contributed by atoms with E-state index in [4.69, 9.17) is 4.43 Å². The lowest BCUT2D eigenvalue weighted by Gasteiger charge is -2.16. The second-order valence-corrected chi connectivity index (χ2v) is 4.85. The Morgan fingerprint density at radius 1 is 0.778 bits per heavy atom. The van der Waals surface area contributed by atoms with Crippen LogP contribution in [-0.2, 0) is 17.3 Å². The minimum atomic E-state index is 0.493. The summed E-state index contributed by atoms with van der Waals surface area (Å²) >= 11 is 0. The lowest BCUT2D eigenvalue weighted by molar-refractivity contribution is 0.267. The largest absolute Gasteiger partial charge is 0.418 e. The first-order chi connectivity index (χ1) is 8.88. The lowest BCUT2D eigenvalue weighted by atomic mass is 9.93. The second kappa shape index (κ2) is 7.14. The van der Waals surface area contributed by atoms with Crippen LogP contribution in [0.15, 0.2) is 60.7 Å². The van der Waals surface area contributed by atoms with Crippen LogP contribution in [0.5, 0.6) is 0 Å². The van der Waals surface area contributed by atoms with E-state index in [0.717, 1.165) is 19.4 Å². The topological polar surface area (TPSA) is 9.23 Å². The zero-order valence-electron chi connectivity index (χ0n) is 10.4. The van der Waals surface area contributed by atoms with Gasteiger partial charge in [0.05, 0.1) is 0 Å². The third-order valence-electron chi connectivity index (χ3n) is 3.05. The van der Waals surface area contributed by atoms with Crippen LogP contribution >= 0.6 is 0 Å². The Bertz CT molecular complexity index is 400. The van der Waals surface area contributed by atoms with Gasteiger partial charge >= 0.3 is 0 Å². The Kier molecular flexibility index (Phi) is 5.18. The highest BCUT2D eigenvalue weighted by Crippen LogP contribution is 2.15. The molecule has 0 N–H and O–H groups in total. The van der Waals surface area contributed by atoms with Gasteiger partial charge in [0.25, 0.3) is 0 Å². The van der Waals surface area contributed by atoms with Gasteiger partial charge in [0.1, 0.15) is 0 Å². The average Bonchev–Trinajstić information content (AvgIpc) is 2.41. The van der Waals surface area contributed by atoms with Gasteiger partial charge < -0.3 is 4.43 Å². The van der Waals surface area contributed by atoms with Gasteiger partial charge in [-0.25, -0.2) is 0 Å². The maximum Gasteiger partial charge on any atom is 0.246 e. The predicted octanol–water partition coefficient (Wildman–Crippen LogP) is 3.19. The molecule has 2 heteroatoms. The SMILES string of the molecule is [Si]OCC(Cc1ccccc1)Cc1ccccc1. The van der Waals surface area contributed by atoms with E-state index in [-0.39, 0.29) is 0 Å². The summed E-state index contributed by atoms with van der Waals surface area (Å²) in [4.78, 5) is 0. The molecule has 2 aromatic carbocycles. The molecule has 0 fully saturated rings. The van der Waals surface area contributed by atoms with Crippen LogP contribution in [0.4, 0.5) is 0 Å². The van der Waals surface area contributed by atoms with Crippen molar-refractivity contribution in [3.63, 3.8) is 0 Å². The van der Waals surface area contributed by atoms with Crippen LogP contribution in [-0.4, -0.2) is 17.1 Å². The average molecular weight is 253 g/mol. The first-order valence-electron chi connectivity index (χ1n) is 6.25. The van der Waals surface area contributed by atoms with Crippen LogP contribution < -0.4 is 0 Å². The fraction of sp³-hybridized carbons (Fsp3) is 0.250. The molecular formula is C16H17OSi. The summed E-state index contributed by atoms with van der Waals surface area (Å²) in [5.41, 5.74) is 2.73. The normalized spacial score (nSPS) is 10.8. The Morgan fingerprint density at radius 2 is 1.22 bits per heavy atom. The van der Waals surface area contributed by atoms with Crippen LogP contribution in [0.2, 0.25) is 0 Å². The Morgan fingerprint density at radius 3 is 1.61 bits per heavy atom. The summed E-state index contributed by atoms with van der Waals surface area (Å²) in [6.45, 7) is 0.723. The summed E-state index contributed by atoms with van der Waals surface area (Å²) < 4.78 is 5.15. The molecule has 0 aliphatic heterocycles. The summed E-state index contributed by atoms with van der Waals surface area (Å²) in [6.07, 6.45) is 2.08. The summed E-state index contributed by atoms with van der Waals surface area (Å²) in [5, 5.41) is 0. The third-order valence-corrected chi connectivity index (χ3v) is 3.22. The minimum absolute atomic E-state index is 0.493. The molecule has 0 saturated heterocycles. The summed E-state index contributed by atoms with van der Waals surface area (Å²) in [5.74, 6) is 0.493. The van der Waals surface area contributed by atoms with Crippen molar-refractivity contribution in [3.8, 4) is 0 Å². The number of benzene rings is 2. The molecule has 0 spiro atoms. The van der Waals surface area contributed by atoms with Crippen molar-refractivity contribution in [2.45, 2.75) is 12.8 Å². The molecule has 18 heavy (non-hydrogen) atoms. The van der Waals surface area contributed by atoms with Crippen molar-refractivity contribution in [2.75, 3.05) is 6.61 Å². The van der Waals surface area contributed by atoms with E-state index in [9.17, 15) is 0 Å². The number of hydrogen-bond acceptors (Lipinski definition) is 1. The molecule has 3 radical (unpaired) electrons. The third kappa shape index (κ3) is 4.13. The molecule has 1 nitrogen and oxygen atoms in total. The van der Waals surface area contributed by atoms with E-state index >= 15 is 0 Å². The van der Waals surface area contributed by atoms with Crippen molar-refractivity contribution in [3.05, 3.63) is 71.8 Å². The zero-order valence-corrected chi connectivity index (χ0v) is 11.4. The van der Waals surface area contributed by atoms with E-state index in [1.165, 1.54) is 11.1 Å². The smallest absolute Gasteiger partial charge is 0.246 e. The van der Waals surface area contributed by atoms with Crippen molar-refractivity contribution < 1.29 is 4.43 Å². The molecule has 91 valence electrons. The van der Waals surface area contributed by atoms with Gasteiger partial charge in [-0.15, -0.1) is 0 Å². The fourth-order valence-corrected chi connectivity index (χ4v) is 2.44. The van der Waals surface area contributed by atoms with Gasteiger partial charge in [0.2, 0.25) is 10.5 Å². The van der Waals surface area contributed by atoms with Gasteiger partial charge in [-0.1, -0.05) is 60.7 Å². The molecule has 0 saturated carbocycles. The zero-order chi connectivity index (χ0) is 12.6. The van der Waals surface area contributed by atoms with E-state index in [1.54, 1.807) is 0 Å². The Balaban J connectivity index is 2.00. The fourth-order valence-electron chi connectivity index (χ4n) is 2.20. The van der Waals surface area contributed by atoms with Crippen molar-refractivity contribution in [1.82, 2.24) is 0 Å². The quantitative estimate of drug-likeness (QED) is 0.718. The predicted molar refractivity (Wildman–Crippen MR) is 75.5 cm³/mol. The molecule has 2 rings (SSSR count). The molecule has 0 amide bonds. The van der Waals surface area contributed by atoms with Crippen LogP contribution in [0.25, 0.3) is 0 Å². The summed E-state index contributed by atoms with van der Waals surface area (Å²) in [6, 6.07) is 21.1. The van der Waals surface area contributed by atoms with Crippen LogP contribution in [0, 0.1) is 5.92 Å². The number of rotatable bonds is 6. The van der Waals surface area contributed by atoms with Gasteiger partial charge in [0, 0.05) is 6.61 Å². The standard InChI is InChI=1S/C16H17OSi/c18-17-13-16(11-14-7-3-1-4-8-14)12-15-9-5-2-6-10-15/h1-10,16H,11-13H2. The first-order valence-corrected chi connectivity index (χ1v) is 6.65. The molecular weight excluding hydrogens is 236 g/mol. The molecule has 0 aromatic heterocycles. The molecule has 0 aliphatic rings. The molecule has 0 unspecified atom stereocenters. The molecule has 2 aromatic rings. The Hall–Kier alpha value is -1.38. The maximum absolute atomic E-state index is 5.15. The van der Waals surface area contributed by atoms with Crippen molar-refractivity contribution in [1.29, 1.82) is 0 Å². The monoisotopic (exact) mass is 253 g/mol. The van der Waals surface area contributed by atoms with Gasteiger partial charge in [0.15, 0.2) is 0 Å². The maximum atomic E-state index is 5.15. The van der Waals surface area contributed by atoms with Crippen LogP contribution in [0.1, 0.15) is 11.1 Å². The highest BCUT2D eigenvalue weighted by Gasteiger charge is 2.10. The molecule has 0 heterocycles. The van der Waals surface area contributed by atoms with Crippen molar-refractivity contribution in [2.24, 2.45) is 5.92 Å². The van der Waals surface area contributed by atoms with Gasteiger partial charge in [-0.2, -0.15) is 0 Å². The lowest BCUT2D eigenvalue weighted by Crippen LogP contribution is -2.14. The van der Waals surface area contributed by atoms with E-state index < -0.39 is 0 Å². The van der Waals surface area contributed by atoms with E-state index in [2.05, 4.69) is 71.1 Å². The highest BCUT2D eigenvalue weighted by molar-refractivity contribution is 5.97. The van der Waals surface area contributed by atoms with E-state index in [1.807, 2.05) is 0 Å².